The molecular formula is C18H25NO2. The van der Waals surface area contributed by atoms with Gasteiger partial charge in [-0.2, -0.15) is 0 Å². The van der Waals surface area contributed by atoms with E-state index in [1.807, 2.05) is 37.3 Å². The summed E-state index contributed by atoms with van der Waals surface area (Å²) in [5, 5.41) is 3.49. The van der Waals surface area contributed by atoms with Crippen LogP contribution in [0.4, 0.5) is 0 Å². The van der Waals surface area contributed by atoms with Crippen LogP contribution in [0.1, 0.15) is 44.2 Å². The fourth-order valence-corrected chi connectivity index (χ4v) is 3.23. The lowest BCUT2D eigenvalue weighted by Gasteiger charge is -2.22. The van der Waals surface area contributed by atoms with E-state index in [9.17, 15) is 4.79 Å². The zero-order chi connectivity index (χ0) is 14.7. The Morgan fingerprint density at radius 3 is 2.33 bits per heavy atom. The average molecular weight is 287 g/mol. The molecule has 1 atom stereocenters. The quantitative estimate of drug-likeness (QED) is 0.745. The minimum atomic E-state index is -0.328. The smallest absolute Gasteiger partial charge is 0.327 e. The highest BCUT2D eigenvalue weighted by Crippen LogP contribution is 2.49. The molecule has 0 heterocycles. The van der Waals surface area contributed by atoms with Crippen LogP contribution in [0.25, 0.3) is 0 Å². The highest BCUT2D eigenvalue weighted by atomic mass is 16.5. The maximum Gasteiger partial charge on any atom is 0.327 e. The summed E-state index contributed by atoms with van der Waals surface area (Å²) in [7, 11) is 0. The van der Waals surface area contributed by atoms with Crippen molar-refractivity contribution in [3.63, 3.8) is 0 Å². The lowest BCUT2D eigenvalue weighted by atomic mass is 9.97. The Morgan fingerprint density at radius 1 is 1.19 bits per heavy atom. The Morgan fingerprint density at radius 2 is 1.81 bits per heavy atom. The number of carbonyl (C=O) groups is 1. The van der Waals surface area contributed by atoms with Gasteiger partial charge < -0.3 is 10.1 Å². The van der Waals surface area contributed by atoms with E-state index >= 15 is 0 Å². The molecule has 0 amide bonds. The first-order valence-corrected chi connectivity index (χ1v) is 8.24. The van der Waals surface area contributed by atoms with Crippen LogP contribution in [0.3, 0.4) is 0 Å². The summed E-state index contributed by atoms with van der Waals surface area (Å²) in [6, 6.07) is 9.59. The number of esters is 1. The molecule has 0 saturated heterocycles. The minimum absolute atomic E-state index is 0.158. The summed E-state index contributed by atoms with van der Waals surface area (Å²) in [4.78, 5) is 12.2. The summed E-state index contributed by atoms with van der Waals surface area (Å²) in [5.74, 6) is 2.38. The summed E-state index contributed by atoms with van der Waals surface area (Å²) in [6.45, 7) is 3.23. The number of rotatable bonds is 8. The van der Waals surface area contributed by atoms with E-state index < -0.39 is 0 Å². The van der Waals surface area contributed by atoms with Crippen molar-refractivity contribution in [2.24, 2.45) is 17.8 Å². The molecule has 0 aromatic heterocycles. The Balaban J connectivity index is 1.65. The summed E-state index contributed by atoms with van der Waals surface area (Å²) < 4.78 is 5.24. The van der Waals surface area contributed by atoms with Crippen molar-refractivity contribution in [3.8, 4) is 0 Å². The monoisotopic (exact) mass is 287 g/mol. The van der Waals surface area contributed by atoms with Gasteiger partial charge in [-0.25, -0.2) is 4.79 Å². The van der Waals surface area contributed by atoms with Gasteiger partial charge in [0.05, 0.1) is 6.61 Å². The fourth-order valence-electron chi connectivity index (χ4n) is 3.23. The first-order valence-electron chi connectivity index (χ1n) is 8.24. The largest absolute Gasteiger partial charge is 0.465 e. The van der Waals surface area contributed by atoms with Gasteiger partial charge in [-0.1, -0.05) is 30.3 Å². The van der Waals surface area contributed by atoms with Crippen LogP contribution < -0.4 is 5.32 Å². The number of nitrogens with one attached hydrogen (secondary N) is 1. The molecule has 3 rings (SSSR count). The van der Waals surface area contributed by atoms with Gasteiger partial charge in [0.15, 0.2) is 0 Å². The van der Waals surface area contributed by atoms with Crippen molar-refractivity contribution in [1.82, 2.24) is 5.32 Å². The van der Waals surface area contributed by atoms with Crippen LogP contribution >= 0.6 is 0 Å². The molecule has 1 unspecified atom stereocenters. The molecule has 0 bridgehead atoms. The van der Waals surface area contributed by atoms with Crippen molar-refractivity contribution in [1.29, 1.82) is 0 Å². The van der Waals surface area contributed by atoms with Crippen molar-refractivity contribution < 1.29 is 9.53 Å². The first-order chi connectivity index (χ1) is 10.3. The number of ether oxygens (including phenoxy) is 1. The van der Waals surface area contributed by atoms with Gasteiger partial charge in [-0.05, 0) is 62.5 Å². The molecule has 3 heteroatoms. The summed E-state index contributed by atoms with van der Waals surface area (Å²) in [5.41, 5.74) is 1.00. The van der Waals surface area contributed by atoms with E-state index in [4.69, 9.17) is 4.74 Å². The van der Waals surface area contributed by atoms with Crippen LogP contribution in [0, 0.1) is 17.8 Å². The molecule has 2 aliphatic carbocycles. The highest BCUT2D eigenvalue weighted by molar-refractivity contribution is 5.77. The molecule has 0 radical (unpaired) electrons. The van der Waals surface area contributed by atoms with E-state index in [1.165, 1.54) is 25.7 Å². The predicted octanol–water partition coefficient (Wildman–Crippen LogP) is 3.32. The topological polar surface area (TPSA) is 38.3 Å². The Kier molecular flexibility index (Phi) is 4.59. The molecule has 2 fully saturated rings. The number of benzene rings is 1. The van der Waals surface area contributed by atoms with Gasteiger partial charge in [0, 0.05) is 0 Å². The fraction of sp³-hybridized carbons (Fsp3) is 0.611. The lowest BCUT2D eigenvalue weighted by molar-refractivity contribution is -0.145. The molecule has 3 nitrogen and oxygen atoms in total. The van der Waals surface area contributed by atoms with E-state index in [0.717, 1.165) is 29.9 Å². The third kappa shape index (κ3) is 3.85. The van der Waals surface area contributed by atoms with Crippen LogP contribution in [-0.2, 0) is 9.53 Å². The second kappa shape index (κ2) is 6.61. The van der Waals surface area contributed by atoms with Crippen molar-refractivity contribution in [2.45, 2.75) is 38.6 Å². The molecular weight excluding hydrogens is 262 g/mol. The van der Waals surface area contributed by atoms with Crippen molar-refractivity contribution >= 4 is 5.97 Å². The summed E-state index contributed by atoms with van der Waals surface area (Å²) in [6.07, 6.45) is 5.49. The Hall–Kier alpha value is -1.35. The summed E-state index contributed by atoms with van der Waals surface area (Å²) >= 11 is 0. The first kappa shape index (κ1) is 14.6. The second-order valence-electron chi connectivity index (χ2n) is 6.34. The highest BCUT2D eigenvalue weighted by Gasteiger charge is 2.41. The molecule has 1 aromatic carbocycles. The second-order valence-corrected chi connectivity index (χ2v) is 6.34. The number of hydrogen-bond donors (Lipinski definition) is 1. The van der Waals surface area contributed by atoms with Gasteiger partial charge in [-0.3, -0.25) is 0 Å². The van der Waals surface area contributed by atoms with Crippen molar-refractivity contribution in [3.05, 3.63) is 35.9 Å². The van der Waals surface area contributed by atoms with Crippen molar-refractivity contribution in [2.75, 3.05) is 13.2 Å². The normalized spacial score (nSPS) is 19.5. The lowest BCUT2D eigenvalue weighted by Crippen LogP contribution is -2.35. The molecule has 2 saturated carbocycles. The zero-order valence-electron chi connectivity index (χ0n) is 12.8. The maximum absolute atomic E-state index is 12.2. The molecule has 1 aromatic rings. The van der Waals surface area contributed by atoms with Gasteiger partial charge in [0.25, 0.3) is 0 Å². The Labute approximate surface area is 127 Å². The van der Waals surface area contributed by atoms with Gasteiger partial charge >= 0.3 is 5.97 Å². The van der Waals surface area contributed by atoms with Gasteiger partial charge in [0.2, 0.25) is 0 Å². The molecule has 0 spiro atoms. The van der Waals surface area contributed by atoms with E-state index in [1.54, 1.807) is 0 Å². The third-order valence-electron chi connectivity index (χ3n) is 4.67. The molecule has 114 valence electrons. The predicted molar refractivity (Wildman–Crippen MR) is 82.8 cm³/mol. The minimum Gasteiger partial charge on any atom is -0.465 e. The molecule has 1 N–H and O–H groups in total. The molecule has 21 heavy (non-hydrogen) atoms. The van der Waals surface area contributed by atoms with Crippen LogP contribution in [-0.4, -0.2) is 19.1 Å². The SMILES string of the molecule is CCOC(=O)C(NCC(C1CC1)C1CC1)c1ccccc1. The van der Waals surface area contributed by atoms with E-state index in [-0.39, 0.29) is 12.0 Å². The van der Waals surface area contributed by atoms with E-state index in [2.05, 4.69) is 5.32 Å². The average Bonchev–Trinajstić information content (AvgIpc) is 3.39. The molecule has 2 aliphatic rings. The third-order valence-corrected chi connectivity index (χ3v) is 4.67. The zero-order valence-corrected chi connectivity index (χ0v) is 12.8. The Bertz CT molecular complexity index is 453. The van der Waals surface area contributed by atoms with Gasteiger partial charge in [-0.15, -0.1) is 0 Å². The molecule has 0 aliphatic heterocycles. The number of hydrogen-bond acceptors (Lipinski definition) is 3. The van der Waals surface area contributed by atoms with Gasteiger partial charge in [0.1, 0.15) is 6.04 Å². The van der Waals surface area contributed by atoms with Crippen LogP contribution in [0.15, 0.2) is 30.3 Å². The van der Waals surface area contributed by atoms with Crippen LogP contribution in [0.2, 0.25) is 0 Å². The number of carbonyl (C=O) groups excluding carboxylic acids is 1. The van der Waals surface area contributed by atoms with E-state index in [0.29, 0.717) is 6.61 Å². The standard InChI is InChI=1S/C18H25NO2/c1-2-21-18(20)17(15-6-4-3-5-7-15)19-12-16(13-8-9-13)14-10-11-14/h3-7,13-14,16-17,19H,2,8-12H2,1H3. The maximum atomic E-state index is 12.2. The van der Waals surface area contributed by atoms with Crippen LogP contribution in [0.5, 0.6) is 0 Å².